The van der Waals surface area contributed by atoms with E-state index < -0.39 is 0 Å². The van der Waals surface area contributed by atoms with Gasteiger partial charge in [-0.3, -0.25) is 4.79 Å². The van der Waals surface area contributed by atoms with Crippen molar-refractivity contribution in [3.8, 4) is 0 Å². The Kier molecular flexibility index (Phi) is 3.66. The summed E-state index contributed by atoms with van der Waals surface area (Å²) < 4.78 is 5.46. The number of carbonyl (C=O) groups excluding carboxylic acids is 1. The first kappa shape index (κ1) is 14.2. The summed E-state index contributed by atoms with van der Waals surface area (Å²) in [5.41, 5.74) is 3.24. The van der Waals surface area contributed by atoms with E-state index in [0.717, 1.165) is 24.9 Å². The zero-order valence-electron chi connectivity index (χ0n) is 13.3. The maximum atomic E-state index is 13.0. The van der Waals surface area contributed by atoms with Crippen molar-refractivity contribution in [2.45, 2.75) is 51.0 Å². The van der Waals surface area contributed by atoms with Gasteiger partial charge in [-0.05, 0) is 62.5 Å². The average molecular weight is 300 g/mol. The molecular formula is C18H24N2O2. The van der Waals surface area contributed by atoms with E-state index >= 15 is 0 Å². The molecule has 3 aliphatic rings. The minimum atomic E-state index is 0.206. The predicted molar refractivity (Wildman–Crippen MR) is 84.6 cm³/mol. The van der Waals surface area contributed by atoms with Crippen LogP contribution in [0.2, 0.25) is 0 Å². The van der Waals surface area contributed by atoms with E-state index in [0.29, 0.717) is 25.3 Å². The van der Waals surface area contributed by atoms with Gasteiger partial charge in [0.25, 0.3) is 5.91 Å². The maximum absolute atomic E-state index is 13.0. The molecule has 0 bridgehead atoms. The molecule has 1 aromatic carbocycles. The first-order valence-electron chi connectivity index (χ1n) is 8.45. The topological polar surface area (TPSA) is 32.8 Å². The van der Waals surface area contributed by atoms with Crippen molar-refractivity contribution in [2.75, 3.05) is 20.1 Å². The number of hydrogen-bond acceptors (Lipinski definition) is 3. The van der Waals surface area contributed by atoms with Gasteiger partial charge in [0, 0.05) is 24.2 Å². The average Bonchev–Trinajstić information content (AvgIpc) is 3.25. The van der Waals surface area contributed by atoms with E-state index in [1.54, 1.807) is 0 Å². The van der Waals surface area contributed by atoms with Crippen molar-refractivity contribution in [3.63, 3.8) is 0 Å². The molecule has 2 atom stereocenters. The van der Waals surface area contributed by atoms with Crippen molar-refractivity contribution in [2.24, 2.45) is 0 Å². The Hall–Kier alpha value is -1.39. The Balaban J connectivity index is 1.56. The minimum Gasteiger partial charge on any atom is -0.372 e. The van der Waals surface area contributed by atoms with Gasteiger partial charge < -0.3 is 14.5 Å². The van der Waals surface area contributed by atoms with Gasteiger partial charge in [0.05, 0.1) is 13.2 Å². The van der Waals surface area contributed by atoms with Crippen molar-refractivity contribution >= 4 is 5.91 Å². The molecule has 22 heavy (non-hydrogen) atoms. The summed E-state index contributed by atoms with van der Waals surface area (Å²) in [6, 6.07) is 7.01. The van der Waals surface area contributed by atoms with Gasteiger partial charge in [-0.25, -0.2) is 0 Å². The molecular weight excluding hydrogens is 276 g/mol. The molecule has 4 rings (SSSR count). The summed E-state index contributed by atoms with van der Waals surface area (Å²) in [6.07, 6.45) is 4.77. The second kappa shape index (κ2) is 5.67. The first-order chi connectivity index (χ1) is 10.7. The molecule has 4 nitrogen and oxygen atoms in total. The van der Waals surface area contributed by atoms with Gasteiger partial charge in [0.15, 0.2) is 0 Å². The summed E-state index contributed by atoms with van der Waals surface area (Å²) >= 11 is 0. The number of fused-ring (bicyclic) bond motifs is 1. The summed E-state index contributed by atoms with van der Waals surface area (Å²) in [5, 5.41) is 0. The lowest BCUT2D eigenvalue weighted by molar-refractivity contribution is 0.0664. The summed E-state index contributed by atoms with van der Waals surface area (Å²) in [4.78, 5) is 17.6. The van der Waals surface area contributed by atoms with Crippen LogP contribution < -0.4 is 0 Å². The van der Waals surface area contributed by atoms with Gasteiger partial charge in [-0.15, -0.1) is 0 Å². The Morgan fingerprint density at radius 2 is 1.86 bits per heavy atom. The van der Waals surface area contributed by atoms with Crippen LogP contribution in [0.25, 0.3) is 0 Å². The molecule has 0 unspecified atom stereocenters. The van der Waals surface area contributed by atoms with Crippen molar-refractivity contribution in [3.05, 3.63) is 34.9 Å². The Bertz CT molecular complexity index is 586. The Labute approximate surface area is 132 Å². The van der Waals surface area contributed by atoms with E-state index in [1.165, 1.54) is 30.5 Å². The number of likely N-dealkylation sites (N-methyl/N-ethyl adjacent to an activating group) is 1. The number of nitrogens with zero attached hydrogens (tertiary/aromatic N) is 2. The number of likely N-dealkylation sites (tertiary alicyclic amines) is 2. The van der Waals surface area contributed by atoms with Crippen LogP contribution in [-0.4, -0.2) is 47.9 Å². The Morgan fingerprint density at radius 1 is 1.09 bits per heavy atom. The molecule has 0 radical (unpaired) electrons. The predicted octanol–water partition coefficient (Wildman–Crippen LogP) is 2.42. The quantitative estimate of drug-likeness (QED) is 0.841. The van der Waals surface area contributed by atoms with Crippen LogP contribution >= 0.6 is 0 Å². The lowest BCUT2D eigenvalue weighted by Gasteiger charge is -2.33. The molecule has 0 spiro atoms. The van der Waals surface area contributed by atoms with Gasteiger partial charge in [-0.2, -0.15) is 0 Å². The number of ether oxygens (including phenoxy) is 1. The zero-order chi connectivity index (χ0) is 15.1. The molecule has 2 saturated heterocycles. The van der Waals surface area contributed by atoms with Crippen LogP contribution in [0.15, 0.2) is 18.2 Å². The van der Waals surface area contributed by atoms with Crippen LogP contribution in [0.4, 0.5) is 0 Å². The SMILES string of the molecule is CN1CCC[C@H]1[C@@H]1CCCN1C(=O)c1ccc2c(c1)COC2. The number of carbonyl (C=O) groups is 1. The third kappa shape index (κ3) is 2.34. The molecule has 118 valence electrons. The maximum Gasteiger partial charge on any atom is 0.254 e. The highest BCUT2D eigenvalue weighted by Gasteiger charge is 2.38. The Morgan fingerprint density at radius 3 is 2.68 bits per heavy atom. The van der Waals surface area contributed by atoms with Gasteiger partial charge in [0.2, 0.25) is 0 Å². The first-order valence-corrected chi connectivity index (χ1v) is 8.45. The molecule has 0 saturated carbocycles. The third-order valence-corrected chi connectivity index (χ3v) is 5.55. The van der Waals surface area contributed by atoms with Gasteiger partial charge in [0.1, 0.15) is 0 Å². The molecule has 2 fully saturated rings. The molecule has 0 aromatic heterocycles. The molecule has 0 N–H and O–H groups in total. The molecule has 0 aliphatic carbocycles. The lowest BCUT2D eigenvalue weighted by atomic mass is 10.0. The molecule has 1 aromatic rings. The van der Waals surface area contributed by atoms with E-state index in [4.69, 9.17) is 4.74 Å². The van der Waals surface area contributed by atoms with E-state index in [2.05, 4.69) is 22.9 Å². The van der Waals surface area contributed by atoms with Crippen LogP contribution in [0.1, 0.15) is 47.2 Å². The molecule has 4 heteroatoms. The molecule has 3 aliphatic heterocycles. The van der Waals surface area contributed by atoms with E-state index in [-0.39, 0.29) is 5.91 Å². The molecule has 3 heterocycles. The second-order valence-corrected chi connectivity index (χ2v) is 6.87. The highest BCUT2D eigenvalue weighted by Crippen LogP contribution is 2.31. The highest BCUT2D eigenvalue weighted by atomic mass is 16.5. The standard InChI is InChI=1S/C18H24N2O2/c1-19-8-2-4-16(19)17-5-3-9-20(17)18(21)13-6-7-14-11-22-12-15(14)10-13/h6-7,10,16-17H,2-5,8-9,11-12H2,1H3/t16-,17-/m0/s1. The fourth-order valence-electron chi connectivity index (χ4n) is 4.34. The van der Waals surface area contributed by atoms with E-state index in [1.807, 2.05) is 12.1 Å². The van der Waals surface area contributed by atoms with Crippen LogP contribution in [0, 0.1) is 0 Å². The van der Waals surface area contributed by atoms with E-state index in [9.17, 15) is 4.79 Å². The fraction of sp³-hybridized carbons (Fsp3) is 0.611. The van der Waals surface area contributed by atoms with Gasteiger partial charge >= 0.3 is 0 Å². The number of amides is 1. The largest absolute Gasteiger partial charge is 0.372 e. The van der Waals surface area contributed by atoms with Crippen molar-refractivity contribution in [1.82, 2.24) is 9.80 Å². The highest BCUT2D eigenvalue weighted by molar-refractivity contribution is 5.95. The van der Waals surface area contributed by atoms with Crippen molar-refractivity contribution < 1.29 is 9.53 Å². The number of benzene rings is 1. The molecule has 1 amide bonds. The zero-order valence-corrected chi connectivity index (χ0v) is 13.3. The normalized spacial score (nSPS) is 28.3. The monoisotopic (exact) mass is 300 g/mol. The second-order valence-electron chi connectivity index (χ2n) is 6.87. The summed E-state index contributed by atoms with van der Waals surface area (Å²) in [5.74, 6) is 0.206. The van der Waals surface area contributed by atoms with Crippen LogP contribution in [-0.2, 0) is 18.0 Å². The minimum absolute atomic E-state index is 0.206. The number of rotatable bonds is 2. The summed E-state index contributed by atoms with van der Waals surface area (Å²) in [7, 11) is 2.20. The summed E-state index contributed by atoms with van der Waals surface area (Å²) in [6.45, 7) is 3.40. The number of hydrogen-bond donors (Lipinski definition) is 0. The fourth-order valence-corrected chi connectivity index (χ4v) is 4.34. The lowest BCUT2D eigenvalue weighted by Crippen LogP contribution is -2.47. The van der Waals surface area contributed by atoms with Crippen LogP contribution in [0.3, 0.4) is 0 Å². The van der Waals surface area contributed by atoms with Crippen LogP contribution in [0.5, 0.6) is 0 Å². The van der Waals surface area contributed by atoms with Gasteiger partial charge in [-0.1, -0.05) is 6.07 Å². The third-order valence-electron chi connectivity index (χ3n) is 5.55. The van der Waals surface area contributed by atoms with Crippen molar-refractivity contribution in [1.29, 1.82) is 0 Å². The smallest absolute Gasteiger partial charge is 0.254 e.